The maximum absolute atomic E-state index is 14.6. The summed E-state index contributed by atoms with van der Waals surface area (Å²) in [5, 5.41) is 9.39. The van der Waals surface area contributed by atoms with E-state index in [-0.39, 0.29) is 24.4 Å². The molecule has 0 aliphatic heterocycles. The van der Waals surface area contributed by atoms with Crippen LogP contribution in [0.1, 0.15) is 48.3 Å². The number of aromatic nitrogens is 2. The van der Waals surface area contributed by atoms with E-state index >= 15 is 0 Å². The van der Waals surface area contributed by atoms with E-state index in [0.29, 0.717) is 23.4 Å². The topological polar surface area (TPSA) is 58.4 Å². The van der Waals surface area contributed by atoms with Gasteiger partial charge in [0.2, 0.25) is 0 Å². The lowest BCUT2D eigenvalue weighted by Crippen LogP contribution is -2.39. The summed E-state index contributed by atoms with van der Waals surface area (Å²) < 4.78 is 16.3. The predicted molar refractivity (Wildman–Crippen MR) is 115 cm³/mol. The molecule has 0 saturated heterocycles. The first-order chi connectivity index (χ1) is 14.5. The Morgan fingerprint density at radius 1 is 1.17 bits per heavy atom. The Morgan fingerprint density at radius 2 is 1.93 bits per heavy atom. The minimum atomic E-state index is -0.334. The van der Waals surface area contributed by atoms with Gasteiger partial charge < -0.3 is 14.6 Å². The fourth-order valence-corrected chi connectivity index (χ4v) is 3.69. The molecule has 0 aliphatic rings. The summed E-state index contributed by atoms with van der Waals surface area (Å²) >= 11 is 0. The van der Waals surface area contributed by atoms with Crippen molar-refractivity contribution in [2.75, 3.05) is 0 Å². The number of hydrogen-bond acceptors (Lipinski definition) is 3. The van der Waals surface area contributed by atoms with E-state index in [9.17, 15) is 14.3 Å². The van der Waals surface area contributed by atoms with Gasteiger partial charge in [-0.3, -0.25) is 4.79 Å². The van der Waals surface area contributed by atoms with Crippen LogP contribution in [0.5, 0.6) is 0 Å². The van der Waals surface area contributed by atoms with Crippen LogP contribution < -0.4 is 0 Å². The van der Waals surface area contributed by atoms with Crippen LogP contribution in [0.15, 0.2) is 55.0 Å². The molecule has 3 rings (SSSR count). The number of aliphatic hydroxyl groups excluding tert-OH is 1. The van der Waals surface area contributed by atoms with E-state index in [4.69, 9.17) is 0 Å². The molecule has 3 aromatic rings. The number of nitrogens with zero attached hydrogens (tertiary/aromatic N) is 3. The minimum Gasteiger partial charge on any atom is -0.392 e. The van der Waals surface area contributed by atoms with Gasteiger partial charge in [-0.05, 0) is 47.7 Å². The summed E-state index contributed by atoms with van der Waals surface area (Å²) in [7, 11) is 1.83. The number of halogens is 1. The van der Waals surface area contributed by atoms with Crippen molar-refractivity contribution in [1.29, 1.82) is 0 Å². The Hall–Kier alpha value is -2.99. The molecule has 1 amide bonds. The second-order valence-corrected chi connectivity index (χ2v) is 7.50. The lowest BCUT2D eigenvalue weighted by atomic mass is 9.99. The van der Waals surface area contributed by atoms with Crippen LogP contribution in [0.2, 0.25) is 0 Å². The summed E-state index contributed by atoms with van der Waals surface area (Å²) in [6, 6.07) is 12.2. The van der Waals surface area contributed by atoms with Gasteiger partial charge in [0.25, 0.3) is 5.91 Å². The second-order valence-electron chi connectivity index (χ2n) is 7.50. The normalized spacial score (nSPS) is 11.1. The highest BCUT2D eigenvalue weighted by Crippen LogP contribution is 2.26. The predicted octanol–water partition coefficient (Wildman–Crippen LogP) is 4.55. The quantitative estimate of drug-likeness (QED) is 0.594. The van der Waals surface area contributed by atoms with Crippen LogP contribution in [-0.2, 0) is 20.2 Å². The highest BCUT2D eigenvalue weighted by Gasteiger charge is 2.24. The van der Waals surface area contributed by atoms with Gasteiger partial charge in [0.05, 0.1) is 12.9 Å². The standard InChI is InChI=1S/C24H28FN3O2/c1-4-20(5-2)28(24(30)23-14-27(3)16-26-23)13-17-9-10-22(25)21(12-17)19-8-6-7-18(11-19)15-29/h6-12,14,16,20,29H,4-5,13,15H2,1-3H3. The Bertz CT molecular complexity index is 1010. The molecule has 0 atom stereocenters. The number of imidazole rings is 1. The molecule has 6 heteroatoms. The maximum atomic E-state index is 14.6. The number of amides is 1. The van der Waals surface area contributed by atoms with E-state index in [0.717, 1.165) is 24.0 Å². The van der Waals surface area contributed by atoms with Gasteiger partial charge in [-0.2, -0.15) is 0 Å². The van der Waals surface area contributed by atoms with E-state index in [2.05, 4.69) is 18.8 Å². The number of rotatable bonds is 8. The van der Waals surface area contributed by atoms with Gasteiger partial charge in [0, 0.05) is 31.4 Å². The average Bonchev–Trinajstić information content (AvgIpc) is 3.20. The summed E-state index contributed by atoms with van der Waals surface area (Å²) in [6.45, 7) is 4.39. The van der Waals surface area contributed by atoms with Crippen LogP contribution in [0.25, 0.3) is 11.1 Å². The molecule has 0 saturated carbocycles. The molecule has 1 N–H and O–H groups in total. The van der Waals surface area contributed by atoms with E-state index in [1.807, 2.05) is 18.0 Å². The zero-order valence-corrected chi connectivity index (χ0v) is 17.7. The zero-order chi connectivity index (χ0) is 21.7. The molecule has 1 heterocycles. The highest BCUT2D eigenvalue weighted by molar-refractivity contribution is 5.92. The van der Waals surface area contributed by atoms with Gasteiger partial charge in [-0.25, -0.2) is 9.37 Å². The lowest BCUT2D eigenvalue weighted by Gasteiger charge is -2.30. The Morgan fingerprint density at radius 3 is 2.57 bits per heavy atom. The van der Waals surface area contributed by atoms with Crippen LogP contribution >= 0.6 is 0 Å². The van der Waals surface area contributed by atoms with Gasteiger partial charge >= 0.3 is 0 Å². The van der Waals surface area contributed by atoms with Crippen molar-refractivity contribution in [3.63, 3.8) is 0 Å². The fourth-order valence-electron chi connectivity index (χ4n) is 3.69. The third kappa shape index (κ3) is 4.76. The molecule has 0 spiro atoms. The molecule has 0 fully saturated rings. The fraction of sp³-hybridized carbons (Fsp3) is 0.333. The van der Waals surface area contributed by atoms with Gasteiger partial charge in [-0.1, -0.05) is 38.1 Å². The van der Waals surface area contributed by atoms with Crippen molar-refractivity contribution in [3.8, 4) is 11.1 Å². The Balaban J connectivity index is 1.95. The smallest absolute Gasteiger partial charge is 0.274 e. The van der Waals surface area contributed by atoms with E-state index in [1.165, 1.54) is 6.07 Å². The van der Waals surface area contributed by atoms with Crippen molar-refractivity contribution < 1.29 is 14.3 Å². The molecule has 1 aromatic heterocycles. The minimum absolute atomic E-state index is 0.0609. The summed E-state index contributed by atoms with van der Waals surface area (Å²) in [5.41, 5.74) is 3.13. The first-order valence-electron chi connectivity index (χ1n) is 10.2. The number of benzene rings is 2. The molecule has 0 unspecified atom stereocenters. The SMILES string of the molecule is CCC(CC)N(Cc1ccc(F)c(-c2cccc(CO)c2)c1)C(=O)c1cn(C)cn1. The van der Waals surface area contributed by atoms with Crippen LogP contribution in [0, 0.1) is 5.82 Å². The van der Waals surface area contributed by atoms with E-state index in [1.54, 1.807) is 47.4 Å². The number of carbonyl (C=O) groups is 1. The van der Waals surface area contributed by atoms with Crippen LogP contribution in [0.4, 0.5) is 4.39 Å². The van der Waals surface area contributed by atoms with Crippen molar-refractivity contribution in [2.24, 2.45) is 7.05 Å². The molecule has 0 bridgehead atoms. The lowest BCUT2D eigenvalue weighted by molar-refractivity contribution is 0.0644. The van der Waals surface area contributed by atoms with Crippen LogP contribution in [0.3, 0.4) is 0 Å². The molecule has 0 aliphatic carbocycles. The van der Waals surface area contributed by atoms with Crippen LogP contribution in [-0.4, -0.2) is 31.5 Å². The molecular weight excluding hydrogens is 381 g/mol. The molecule has 158 valence electrons. The van der Waals surface area contributed by atoms with Gasteiger partial charge in [0.1, 0.15) is 11.5 Å². The number of carbonyl (C=O) groups excluding carboxylic acids is 1. The molecule has 30 heavy (non-hydrogen) atoms. The van der Waals surface area contributed by atoms with E-state index < -0.39 is 0 Å². The first-order valence-corrected chi connectivity index (χ1v) is 10.2. The monoisotopic (exact) mass is 409 g/mol. The Kier molecular flexibility index (Phi) is 7.00. The van der Waals surface area contributed by atoms with Gasteiger partial charge in [0.15, 0.2) is 0 Å². The second kappa shape index (κ2) is 9.67. The maximum Gasteiger partial charge on any atom is 0.274 e. The summed E-state index contributed by atoms with van der Waals surface area (Å²) in [6.07, 6.45) is 4.97. The number of hydrogen-bond donors (Lipinski definition) is 1. The average molecular weight is 410 g/mol. The zero-order valence-electron chi connectivity index (χ0n) is 17.7. The van der Waals surface area contributed by atoms with Crippen molar-refractivity contribution in [1.82, 2.24) is 14.5 Å². The summed E-state index contributed by atoms with van der Waals surface area (Å²) in [4.78, 5) is 19.2. The molecule has 5 nitrogen and oxygen atoms in total. The summed E-state index contributed by atoms with van der Waals surface area (Å²) in [5.74, 6) is -0.462. The third-order valence-corrected chi connectivity index (χ3v) is 5.37. The van der Waals surface area contributed by atoms with Crippen molar-refractivity contribution in [2.45, 2.75) is 45.9 Å². The first kappa shape index (κ1) is 21.7. The highest BCUT2D eigenvalue weighted by atomic mass is 19.1. The van der Waals surface area contributed by atoms with Gasteiger partial charge in [-0.15, -0.1) is 0 Å². The van der Waals surface area contributed by atoms with Crippen molar-refractivity contribution >= 4 is 5.91 Å². The Labute approximate surface area is 176 Å². The number of aliphatic hydroxyl groups is 1. The molecule has 0 radical (unpaired) electrons. The molecular formula is C24H28FN3O2. The largest absolute Gasteiger partial charge is 0.392 e. The third-order valence-electron chi connectivity index (χ3n) is 5.37. The number of aryl methyl sites for hydroxylation is 1. The molecule has 2 aromatic carbocycles. The van der Waals surface area contributed by atoms with Crippen molar-refractivity contribution in [3.05, 3.63) is 77.6 Å².